The molecule has 390 valence electrons. The van der Waals surface area contributed by atoms with Crippen LogP contribution in [0.4, 0.5) is 0 Å². The number of unbranched alkanes of at least 4 members (excludes halogenated alkanes) is 4. The summed E-state index contributed by atoms with van der Waals surface area (Å²) in [4.78, 5) is 3.35. The second kappa shape index (κ2) is 23.1. The molecule has 0 saturated carbocycles. The molecule has 8 aromatic carbocycles. The number of rotatable bonds is 21. The monoisotopic (exact) mass is 1080 g/mol. The lowest BCUT2D eigenvalue weighted by Crippen LogP contribution is -2.61. The summed E-state index contributed by atoms with van der Waals surface area (Å²) in [5.41, 5.74) is 15.6. The lowest BCUT2D eigenvalue weighted by atomic mass is 9.98. The predicted octanol–water partition coefficient (Wildman–Crippen LogP) is 18.9. The van der Waals surface area contributed by atoms with E-state index in [2.05, 4.69) is 246 Å². The van der Waals surface area contributed by atoms with E-state index in [4.69, 9.17) is 0 Å². The third kappa shape index (κ3) is 8.83. The van der Waals surface area contributed by atoms with Gasteiger partial charge in [-0.3, -0.25) is 0 Å². The van der Waals surface area contributed by atoms with E-state index >= 15 is 0 Å². The summed E-state index contributed by atoms with van der Waals surface area (Å²) in [7, 11) is -8.97. The minimum atomic E-state index is -2.94. The molecule has 4 heteroatoms. The smallest absolute Gasteiger partial charge is 0.00692 e. The third-order valence-electron chi connectivity index (χ3n) is 18.1. The van der Waals surface area contributed by atoms with E-state index in [0.717, 1.165) is 25.7 Å². The Morgan fingerprint density at radius 2 is 0.615 bits per heavy atom. The van der Waals surface area contributed by atoms with E-state index in [1.807, 2.05) is 0 Å². The summed E-state index contributed by atoms with van der Waals surface area (Å²) in [6.07, 6.45) is 14.0. The van der Waals surface area contributed by atoms with E-state index < -0.39 is 31.0 Å². The van der Waals surface area contributed by atoms with Gasteiger partial charge >= 0.3 is 0 Å². The summed E-state index contributed by atoms with van der Waals surface area (Å²) in [5.74, 6) is 0. The van der Waals surface area contributed by atoms with Gasteiger partial charge in [0.05, 0.1) is 0 Å². The molecule has 0 amide bonds. The van der Waals surface area contributed by atoms with Crippen molar-refractivity contribution in [2.75, 3.05) is 0 Å². The normalized spacial score (nSPS) is 16.9. The van der Waals surface area contributed by atoms with Crippen molar-refractivity contribution >= 4 is 83.7 Å². The molecule has 78 heavy (non-hydrogen) atoms. The summed E-state index contributed by atoms with van der Waals surface area (Å²) >= 11 is 0. The van der Waals surface area contributed by atoms with Crippen LogP contribution in [0.3, 0.4) is 0 Å². The molecular weight excluding hydrogens is 1000 g/mol. The van der Waals surface area contributed by atoms with Crippen molar-refractivity contribution in [3.63, 3.8) is 0 Å². The molecule has 0 aliphatic carbocycles. The molecule has 4 heterocycles. The maximum absolute atomic E-state index is 2.94. The topological polar surface area (TPSA) is 0 Å². The van der Waals surface area contributed by atoms with Gasteiger partial charge in [0.1, 0.15) is 0 Å². The zero-order valence-corrected chi connectivity index (χ0v) is 50.7. The number of fused-ring (bicyclic) bond motifs is 4. The zero-order chi connectivity index (χ0) is 53.1. The van der Waals surface area contributed by atoms with E-state index in [0.29, 0.717) is 0 Å². The maximum atomic E-state index is 2.70. The van der Waals surface area contributed by atoms with Gasteiger partial charge in [-0.1, -0.05) is 338 Å². The quantitative estimate of drug-likeness (QED) is 0.0629. The Labute approximate surface area is 470 Å². The Hall–Kier alpha value is -6.41. The Kier molecular flexibility index (Phi) is 15.5. The van der Waals surface area contributed by atoms with Crippen LogP contribution in [0, 0.1) is 0 Å². The molecular formula is C74H76Si4-2. The van der Waals surface area contributed by atoms with Gasteiger partial charge in [0.25, 0.3) is 0 Å². The molecule has 2 aromatic heterocycles. The standard InChI is InChI=1S/C74H76Si4/c1-5-9-41-63-59-45-25-29-49-67(59)75(71(63)55-33-17-13-18-34-55)77(69-51-31-27-47-61(69)65(43-11-7-3)73(77)57-37-21-15-22-38-57)53-54-78(70-52-32-28-48-62(70)66(44-12-8-4)74(78)58-39-23-16-24-40-58)76-68-50-30-26-46-60(68)64(42-10-6-2)72(76)56-35-19-14-20-36-56/h13-40,45-52H,5-12,41-44,53-54H2,1-4H3/q-2. The fourth-order valence-electron chi connectivity index (χ4n) is 15.0. The van der Waals surface area contributed by atoms with Crippen LogP contribution >= 0.6 is 0 Å². The third-order valence-corrected chi connectivity index (χ3v) is 44.9. The van der Waals surface area contributed by atoms with Crippen molar-refractivity contribution in [3.05, 3.63) is 252 Å². The minimum absolute atomic E-state index is 1.11. The van der Waals surface area contributed by atoms with Crippen LogP contribution in [0.25, 0.3) is 63.8 Å². The van der Waals surface area contributed by atoms with Crippen LogP contribution in [-0.4, -0.2) is 31.0 Å². The molecule has 0 bridgehead atoms. The highest BCUT2D eigenvalue weighted by atomic mass is 29.2. The molecule has 0 saturated heterocycles. The van der Waals surface area contributed by atoms with Gasteiger partial charge in [0, 0.05) is 0 Å². The highest BCUT2D eigenvalue weighted by Gasteiger charge is 2.48. The van der Waals surface area contributed by atoms with E-state index in [1.165, 1.54) is 85.7 Å². The van der Waals surface area contributed by atoms with E-state index in [-0.39, 0.29) is 0 Å². The van der Waals surface area contributed by atoms with Crippen molar-refractivity contribution in [3.8, 4) is 21.5 Å². The first kappa shape index (κ1) is 52.3. The zero-order valence-electron chi connectivity index (χ0n) is 46.7. The summed E-state index contributed by atoms with van der Waals surface area (Å²) < 4.78 is 0. The number of hydrogen-bond donors (Lipinski definition) is 0. The van der Waals surface area contributed by atoms with Crippen LogP contribution in [0.15, 0.2) is 218 Å². The van der Waals surface area contributed by atoms with Crippen LogP contribution in [0.5, 0.6) is 0 Å². The highest BCUT2D eigenvalue weighted by molar-refractivity contribution is 7.51. The lowest BCUT2D eigenvalue weighted by molar-refractivity contribution is 0.801. The van der Waals surface area contributed by atoms with Gasteiger partial charge in [-0.05, 0) is 99.9 Å². The van der Waals surface area contributed by atoms with Crippen LogP contribution in [0.1, 0.15) is 125 Å². The van der Waals surface area contributed by atoms with Gasteiger partial charge in [0.2, 0.25) is 0 Å². The Bertz CT molecular complexity index is 3530. The van der Waals surface area contributed by atoms with Crippen LogP contribution in [-0.2, 0) is 12.8 Å². The largest absolute Gasteiger partial charge is 0.237 e. The van der Waals surface area contributed by atoms with Gasteiger partial charge in [-0.2, -0.15) is 20.3 Å². The molecule has 0 N–H and O–H groups in total. The fourth-order valence-corrected chi connectivity index (χ4v) is 50.3. The number of allylic oxidation sites excluding steroid dienone is 2. The molecule has 2 atom stereocenters. The Morgan fingerprint density at radius 3 is 0.987 bits per heavy atom. The lowest BCUT2D eigenvalue weighted by Gasteiger charge is -2.50. The van der Waals surface area contributed by atoms with Crippen LogP contribution in [0.2, 0.25) is 12.1 Å². The fraction of sp³-hybridized carbons (Fsp3) is 0.243. The summed E-state index contributed by atoms with van der Waals surface area (Å²) in [6, 6.07) is 90.5. The van der Waals surface area contributed by atoms with Gasteiger partial charge in [-0.25, -0.2) is 15.8 Å². The van der Waals surface area contributed by atoms with Gasteiger partial charge in [0.15, 0.2) is 0 Å². The first-order valence-electron chi connectivity index (χ1n) is 29.9. The Morgan fingerprint density at radius 1 is 0.308 bits per heavy atom. The second-order valence-electron chi connectivity index (χ2n) is 22.5. The number of benzene rings is 8. The SMILES string of the molecule is CCCCC1=C(c2ccccc2)[Si](CC[Si]2([si-]3c(-c4ccccc4)c(CCCC)c4ccccc43)C(c3ccccc3)=C(CCCC)c3ccccc32)([si-]2c(-c3ccccc3)c(CCCC)c3ccccc32)c2ccccc21. The van der Waals surface area contributed by atoms with Crippen molar-refractivity contribution in [2.24, 2.45) is 0 Å². The molecule has 0 nitrogen and oxygen atoms in total. The molecule has 0 fully saturated rings. The molecule has 0 radical (unpaired) electrons. The van der Waals surface area contributed by atoms with Gasteiger partial charge in [-0.15, -0.1) is 0 Å². The molecule has 2 aliphatic heterocycles. The number of hydrogen-bond acceptors (Lipinski definition) is 0. The molecule has 12 rings (SSSR count). The van der Waals surface area contributed by atoms with Crippen molar-refractivity contribution in [1.82, 2.24) is 0 Å². The van der Waals surface area contributed by atoms with Crippen molar-refractivity contribution in [2.45, 2.75) is 117 Å². The highest BCUT2D eigenvalue weighted by Crippen LogP contribution is 2.54. The summed E-state index contributed by atoms with van der Waals surface area (Å²) in [5, 5.41) is 13.5. The average Bonchev–Trinajstić information content (AvgIpc) is 3.78. The summed E-state index contributed by atoms with van der Waals surface area (Å²) in [6.45, 7) is 9.59. The van der Waals surface area contributed by atoms with Crippen molar-refractivity contribution in [1.29, 1.82) is 0 Å². The maximum Gasteiger partial charge on any atom is -0.00692 e. The van der Waals surface area contributed by atoms with E-state index in [1.54, 1.807) is 85.3 Å². The number of aryl methyl sites for hydroxylation is 2. The van der Waals surface area contributed by atoms with E-state index in [9.17, 15) is 0 Å². The van der Waals surface area contributed by atoms with Crippen molar-refractivity contribution < 1.29 is 0 Å². The molecule has 10 aromatic rings. The van der Waals surface area contributed by atoms with Gasteiger partial charge < -0.3 is 0 Å². The second-order valence-corrected chi connectivity index (χ2v) is 40.9. The molecule has 0 spiro atoms. The minimum Gasteiger partial charge on any atom is -0.237 e. The van der Waals surface area contributed by atoms with Crippen LogP contribution < -0.4 is 10.4 Å². The predicted molar refractivity (Wildman–Crippen MR) is 349 cm³/mol. The first-order valence-corrected chi connectivity index (χ1v) is 39.3. The Balaban J connectivity index is 1.28. The molecule has 2 unspecified atom stereocenters. The average molecular weight is 1080 g/mol. The molecule has 2 aliphatic rings. The first-order chi connectivity index (χ1) is 38.6.